The van der Waals surface area contributed by atoms with E-state index in [-0.39, 0.29) is 6.61 Å². The molecule has 1 heterocycles. The third-order valence-electron chi connectivity index (χ3n) is 2.50. The fourth-order valence-corrected chi connectivity index (χ4v) is 1.57. The second-order valence-electron chi connectivity index (χ2n) is 3.96. The molecule has 0 amide bonds. The first kappa shape index (κ1) is 11.8. The molecule has 0 saturated heterocycles. The summed E-state index contributed by atoms with van der Waals surface area (Å²) in [6.45, 7) is 0.790. The molecule has 2 rings (SSSR count). The highest BCUT2D eigenvalue weighted by atomic mass is 16.5. The van der Waals surface area contributed by atoms with E-state index in [1.165, 1.54) is 0 Å². The molecule has 0 bridgehead atoms. The van der Waals surface area contributed by atoms with E-state index in [0.29, 0.717) is 6.61 Å². The van der Waals surface area contributed by atoms with E-state index < -0.39 is 6.10 Å². The molecule has 0 fully saturated rings. The molecule has 4 nitrogen and oxygen atoms in total. The first-order valence-electron chi connectivity index (χ1n) is 5.54. The van der Waals surface area contributed by atoms with Crippen LogP contribution in [-0.2, 0) is 18.4 Å². The van der Waals surface area contributed by atoms with Crippen LogP contribution in [0.25, 0.3) is 0 Å². The lowest BCUT2D eigenvalue weighted by Crippen LogP contribution is -2.06. The Morgan fingerprint density at radius 1 is 1.35 bits per heavy atom. The van der Waals surface area contributed by atoms with E-state index in [2.05, 4.69) is 5.10 Å². The van der Waals surface area contributed by atoms with E-state index in [1.54, 1.807) is 17.1 Å². The minimum Gasteiger partial charge on any atom is -0.386 e. The SMILES string of the molecule is Cn1cc(C(O)COCc2ccccc2)cn1. The van der Waals surface area contributed by atoms with Crippen LogP contribution in [0.4, 0.5) is 0 Å². The second-order valence-corrected chi connectivity index (χ2v) is 3.96. The van der Waals surface area contributed by atoms with Crippen molar-refractivity contribution in [1.82, 2.24) is 9.78 Å². The molecule has 17 heavy (non-hydrogen) atoms. The number of nitrogens with zero attached hydrogens (tertiary/aromatic N) is 2. The molecular formula is C13H16N2O2. The van der Waals surface area contributed by atoms with Gasteiger partial charge >= 0.3 is 0 Å². The number of hydrogen-bond donors (Lipinski definition) is 1. The highest BCUT2D eigenvalue weighted by molar-refractivity contribution is 5.13. The van der Waals surface area contributed by atoms with Crippen molar-refractivity contribution < 1.29 is 9.84 Å². The van der Waals surface area contributed by atoms with Crippen LogP contribution in [0, 0.1) is 0 Å². The van der Waals surface area contributed by atoms with Crippen LogP contribution in [0.15, 0.2) is 42.7 Å². The zero-order valence-corrected chi connectivity index (χ0v) is 9.78. The molecule has 0 radical (unpaired) electrons. The molecule has 1 aromatic heterocycles. The first-order chi connectivity index (χ1) is 8.25. The number of aryl methyl sites for hydroxylation is 1. The summed E-state index contributed by atoms with van der Waals surface area (Å²) in [5.74, 6) is 0. The van der Waals surface area contributed by atoms with Crippen molar-refractivity contribution in [3.05, 3.63) is 53.9 Å². The minimum atomic E-state index is -0.618. The lowest BCUT2D eigenvalue weighted by molar-refractivity contribution is 0.0277. The lowest BCUT2D eigenvalue weighted by atomic mass is 10.2. The van der Waals surface area contributed by atoms with Gasteiger partial charge in [0.25, 0.3) is 0 Å². The quantitative estimate of drug-likeness (QED) is 0.853. The van der Waals surface area contributed by atoms with Crippen LogP contribution in [0.5, 0.6) is 0 Å². The van der Waals surface area contributed by atoms with Gasteiger partial charge in [-0.15, -0.1) is 0 Å². The normalized spacial score (nSPS) is 12.6. The van der Waals surface area contributed by atoms with Crippen LogP contribution in [0.2, 0.25) is 0 Å². The van der Waals surface area contributed by atoms with Gasteiger partial charge < -0.3 is 9.84 Å². The maximum Gasteiger partial charge on any atom is 0.105 e. The summed E-state index contributed by atoms with van der Waals surface area (Å²) in [5, 5.41) is 13.8. The molecule has 0 saturated carbocycles. The van der Waals surface area contributed by atoms with Crippen LogP contribution >= 0.6 is 0 Å². The number of ether oxygens (including phenoxy) is 1. The molecule has 4 heteroatoms. The molecule has 0 aliphatic carbocycles. The van der Waals surface area contributed by atoms with E-state index in [4.69, 9.17) is 4.74 Å². The zero-order valence-electron chi connectivity index (χ0n) is 9.78. The van der Waals surface area contributed by atoms with Crippen molar-refractivity contribution in [2.75, 3.05) is 6.61 Å². The van der Waals surface area contributed by atoms with E-state index in [1.807, 2.05) is 37.4 Å². The Balaban J connectivity index is 1.79. The summed E-state index contributed by atoms with van der Waals surface area (Å²) in [6.07, 6.45) is 2.82. The fourth-order valence-electron chi connectivity index (χ4n) is 1.57. The maximum absolute atomic E-state index is 9.83. The predicted octanol–water partition coefficient (Wildman–Crippen LogP) is 1.67. The average Bonchev–Trinajstić information content (AvgIpc) is 2.77. The smallest absolute Gasteiger partial charge is 0.105 e. The summed E-state index contributed by atoms with van der Waals surface area (Å²) < 4.78 is 7.12. The van der Waals surface area contributed by atoms with Gasteiger partial charge in [-0.3, -0.25) is 4.68 Å². The van der Waals surface area contributed by atoms with Crippen LogP contribution in [-0.4, -0.2) is 21.5 Å². The van der Waals surface area contributed by atoms with Crippen molar-refractivity contribution >= 4 is 0 Å². The van der Waals surface area contributed by atoms with Crippen LogP contribution < -0.4 is 0 Å². The van der Waals surface area contributed by atoms with Crippen molar-refractivity contribution in [3.8, 4) is 0 Å². The standard InChI is InChI=1S/C13H16N2O2/c1-15-8-12(7-14-15)13(16)10-17-9-11-5-3-2-4-6-11/h2-8,13,16H,9-10H2,1H3. The monoisotopic (exact) mass is 232 g/mol. The zero-order chi connectivity index (χ0) is 12.1. The predicted molar refractivity (Wildman–Crippen MR) is 64.3 cm³/mol. The van der Waals surface area contributed by atoms with Gasteiger partial charge in [0.05, 0.1) is 19.4 Å². The van der Waals surface area contributed by atoms with Gasteiger partial charge in [0.2, 0.25) is 0 Å². The Bertz CT molecular complexity index is 453. The number of aliphatic hydroxyl groups is 1. The van der Waals surface area contributed by atoms with E-state index >= 15 is 0 Å². The van der Waals surface area contributed by atoms with Gasteiger partial charge in [-0.2, -0.15) is 5.10 Å². The van der Waals surface area contributed by atoms with Gasteiger partial charge in [-0.05, 0) is 5.56 Å². The number of aromatic nitrogens is 2. The summed E-state index contributed by atoms with van der Waals surface area (Å²) in [4.78, 5) is 0. The topological polar surface area (TPSA) is 47.3 Å². The first-order valence-corrected chi connectivity index (χ1v) is 5.54. The van der Waals surface area contributed by atoms with Crippen LogP contribution in [0.3, 0.4) is 0 Å². The third-order valence-corrected chi connectivity index (χ3v) is 2.50. The maximum atomic E-state index is 9.83. The molecule has 1 aromatic carbocycles. The van der Waals surface area contributed by atoms with E-state index in [9.17, 15) is 5.11 Å². The Labute approximate surface area is 100 Å². The van der Waals surface area contributed by atoms with Gasteiger partial charge in [-0.25, -0.2) is 0 Å². The van der Waals surface area contributed by atoms with Crippen molar-refractivity contribution in [1.29, 1.82) is 0 Å². The molecule has 90 valence electrons. The van der Waals surface area contributed by atoms with E-state index in [0.717, 1.165) is 11.1 Å². The Hall–Kier alpha value is -1.65. The van der Waals surface area contributed by atoms with Crippen molar-refractivity contribution in [2.24, 2.45) is 7.05 Å². The molecule has 0 spiro atoms. The summed E-state index contributed by atoms with van der Waals surface area (Å²) in [5.41, 5.74) is 1.88. The lowest BCUT2D eigenvalue weighted by Gasteiger charge is -2.09. The molecule has 0 aliphatic heterocycles. The molecule has 1 N–H and O–H groups in total. The Kier molecular flexibility index (Phi) is 3.90. The van der Waals surface area contributed by atoms with Crippen molar-refractivity contribution in [3.63, 3.8) is 0 Å². The number of rotatable bonds is 5. The molecular weight excluding hydrogens is 216 g/mol. The number of hydrogen-bond acceptors (Lipinski definition) is 3. The van der Waals surface area contributed by atoms with Gasteiger partial charge in [0.15, 0.2) is 0 Å². The van der Waals surface area contributed by atoms with Crippen molar-refractivity contribution in [2.45, 2.75) is 12.7 Å². The summed E-state index contributed by atoms with van der Waals surface area (Å²) >= 11 is 0. The molecule has 2 aromatic rings. The van der Waals surface area contributed by atoms with Gasteiger partial charge in [-0.1, -0.05) is 30.3 Å². The highest BCUT2D eigenvalue weighted by Gasteiger charge is 2.09. The molecule has 0 aliphatic rings. The van der Waals surface area contributed by atoms with Gasteiger partial charge in [0.1, 0.15) is 6.10 Å². The minimum absolute atomic E-state index is 0.278. The molecule has 1 atom stereocenters. The van der Waals surface area contributed by atoms with Crippen LogP contribution in [0.1, 0.15) is 17.2 Å². The Morgan fingerprint density at radius 2 is 2.12 bits per heavy atom. The van der Waals surface area contributed by atoms with Gasteiger partial charge in [0, 0.05) is 18.8 Å². The third kappa shape index (κ3) is 3.41. The number of aliphatic hydroxyl groups excluding tert-OH is 1. The Morgan fingerprint density at radius 3 is 2.76 bits per heavy atom. The molecule has 1 unspecified atom stereocenters. The summed E-state index contributed by atoms with van der Waals surface area (Å²) in [6, 6.07) is 9.90. The number of benzene rings is 1. The second kappa shape index (κ2) is 5.61. The average molecular weight is 232 g/mol. The summed E-state index contributed by atoms with van der Waals surface area (Å²) in [7, 11) is 1.82. The largest absolute Gasteiger partial charge is 0.386 e. The highest BCUT2D eigenvalue weighted by Crippen LogP contribution is 2.12. The fraction of sp³-hybridized carbons (Fsp3) is 0.308.